The quantitative estimate of drug-likeness (QED) is 0.834. The number of anilines is 1. The van der Waals surface area contributed by atoms with Gasteiger partial charge in [-0.25, -0.2) is 17.8 Å². The molecule has 1 aromatic carbocycles. The summed E-state index contributed by atoms with van der Waals surface area (Å²) in [6.07, 6.45) is 0. The van der Waals surface area contributed by atoms with Crippen molar-refractivity contribution >= 4 is 26.9 Å². The van der Waals surface area contributed by atoms with Gasteiger partial charge in [-0.05, 0) is 32.0 Å². The first-order valence-electron chi connectivity index (χ1n) is 6.30. The van der Waals surface area contributed by atoms with Gasteiger partial charge in [0.1, 0.15) is 15.7 Å². The van der Waals surface area contributed by atoms with Crippen LogP contribution in [0.2, 0.25) is 0 Å². The van der Waals surface area contributed by atoms with Gasteiger partial charge in [-0.3, -0.25) is 0 Å². The number of nitrogens with zero attached hydrogens (tertiary/aromatic N) is 1. The molecule has 2 aromatic rings. The van der Waals surface area contributed by atoms with E-state index in [1.165, 1.54) is 11.3 Å². The van der Waals surface area contributed by atoms with Crippen LogP contribution in [0.15, 0.2) is 23.1 Å². The Morgan fingerprint density at radius 3 is 2.43 bits per heavy atom. The molecule has 0 aliphatic carbocycles. The van der Waals surface area contributed by atoms with E-state index in [-0.39, 0.29) is 12.2 Å². The number of rotatable bonds is 4. The fraction of sp³-hybridized carbons (Fsp3) is 0.308. The number of nitrogens with one attached hydrogen (secondary N) is 1. The lowest BCUT2D eigenvalue weighted by atomic mass is 10.3. The smallest absolute Gasteiger partial charge is 0.377 e. The van der Waals surface area contributed by atoms with E-state index in [0.29, 0.717) is 11.1 Å². The molecule has 23 heavy (non-hydrogen) atoms. The summed E-state index contributed by atoms with van der Waals surface area (Å²) >= 11 is 1.34. The van der Waals surface area contributed by atoms with E-state index in [0.717, 1.165) is 22.7 Å². The largest absolute Gasteiger partial charge is 0.501 e. The van der Waals surface area contributed by atoms with Gasteiger partial charge in [0, 0.05) is 4.88 Å². The number of hydrogen-bond donors (Lipinski definition) is 1. The number of halogens is 4. The predicted octanol–water partition coefficient (Wildman–Crippen LogP) is 3.80. The summed E-state index contributed by atoms with van der Waals surface area (Å²) in [4.78, 5) is 4.00. The molecular weight excluding hydrogens is 356 g/mol. The number of aromatic nitrogens is 1. The number of hydrogen-bond acceptors (Lipinski definition) is 5. The Bertz CT molecular complexity index is 809. The summed E-state index contributed by atoms with van der Waals surface area (Å²) in [7, 11) is -5.66. The number of alkyl halides is 3. The van der Waals surface area contributed by atoms with Crippen LogP contribution in [0.4, 0.5) is 23.2 Å². The maximum atomic E-state index is 13.2. The Kier molecular flexibility index (Phi) is 4.67. The Morgan fingerprint density at radius 1 is 1.26 bits per heavy atom. The van der Waals surface area contributed by atoms with Crippen LogP contribution in [-0.4, -0.2) is 18.9 Å². The molecule has 0 saturated heterocycles. The fourth-order valence-electron chi connectivity index (χ4n) is 1.77. The van der Waals surface area contributed by atoms with E-state index in [9.17, 15) is 26.0 Å². The van der Waals surface area contributed by atoms with Crippen molar-refractivity contribution in [2.45, 2.75) is 30.8 Å². The summed E-state index contributed by atoms with van der Waals surface area (Å²) in [6.45, 7) is 3.66. The number of thiazole rings is 1. The molecule has 10 heteroatoms. The standard InChI is InChI=1S/C13H12F4N2O2S2/c1-7-8(2)22-12(19-7)6-18-10-4-3-9(14)5-11(10)23(20,21)13(15,16)17/h3-5,18H,6H2,1-2H3. The maximum Gasteiger partial charge on any atom is 0.501 e. The van der Waals surface area contributed by atoms with Crippen LogP contribution in [0.5, 0.6) is 0 Å². The van der Waals surface area contributed by atoms with Crippen molar-refractivity contribution < 1.29 is 26.0 Å². The first-order valence-corrected chi connectivity index (χ1v) is 8.60. The minimum absolute atomic E-state index is 0.0331. The molecule has 4 nitrogen and oxygen atoms in total. The minimum Gasteiger partial charge on any atom is -0.377 e. The highest BCUT2D eigenvalue weighted by Gasteiger charge is 2.48. The summed E-state index contributed by atoms with van der Waals surface area (Å²) in [6, 6.07) is 2.20. The van der Waals surface area contributed by atoms with E-state index < -0.39 is 26.1 Å². The molecule has 0 radical (unpaired) electrons. The van der Waals surface area contributed by atoms with Gasteiger partial charge in [-0.2, -0.15) is 13.2 Å². The predicted molar refractivity (Wildman–Crippen MR) is 78.6 cm³/mol. The lowest BCUT2D eigenvalue weighted by molar-refractivity contribution is -0.0435. The molecule has 126 valence electrons. The second-order valence-corrected chi connectivity index (χ2v) is 7.89. The molecule has 0 unspecified atom stereocenters. The van der Waals surface area contributed by atoms with Crippen LogP contribution in [0, 0.1) is 19.7 Å². The van der Waals surface area contributed by atoms with Crippen molar-refractivity contribution in [3.05, 3.63) is 39.6 Å². The first-order chi connectivity index (χ1) is 10.5. The first kappa shape index (κ1) is 17.7. The van der Waals surface area contributed by atoms with Gasteiger partial charge in [-0.1, -0.05) is 0 Å². The van der Waals surface area contributed by atoms with Crippen LogP contribution in [0.3, 0.4) is 0 Å². The highest BCUT2D eigenvalue weighted by atomic mass is 32.2. The van der Waals surface area contributed by atoms with Crippen molar-refractivity contribution in [3.63, 3.8) is 0 Å². The number of benzene rings is 1. The van der Waals surface area contributed by atoms with Gasteiger partial charge < -0.3 is 5.32 Å². The molecule has 0 saturated carbocycles. The van der Waals surface area contributed by atoms with Crippen LogP contribution >= 0.6 is 11.3 Å². The van der Waals surface area contributed by atoms with Crippen molar-refractivity contribution in [1.29, 1.82) is 0 Å². The van der Waals surface area contributed by atoms with Gasteiger partial charge in [0.15, 0.2) is 0 Å². The zero-order chi connectivity index (χ0) is 17.4. The van der Waals surface area contributed by atoms with E-state index >= 15 is 0 Å². The highest BCUT2D eigenvalue weighted by Crippen LogP contribution is 2.35. The summed E-state index contributed by atoms with van der Waals surface area (Å²) in [5.41, 5.74) is -5.05. The molecule has 2 rings (SSSR count). The molecule has 1 heterocycles. The zero-order valence-corrected chi connectivity index (χ0v) is 13.7. The summed E-state index contributed by atoms with van der Waals surface area (Å²) in [5, 5.41) is 3.16. The minimum atomic E-state index is -5.66. The molecule has 1 aromatic heterocycles. The van der Waals surface area contributed by atoms with E-state index in [2.05, 4.69) is 10.3 Å². The van der Waals surface area contributed by atoms with Gasteiger partial charge in [0.25, 0.3) is 9.84 Å². The van der Waals surface area contributed by atoms with Gasteiger partial charge in [0.2, 0.25) is 0 Å². The van der Waals surface area contributed by atoms with E-state index in [1.807, 2.05) is 6.92 Å². The maximum absolute atomic E-state index is 13.2. The third kappa shape index (κ3) is 3.63. The van der Waals surface area contributed by atoms with Crippen LogP contribution in [-0.2, 0) is 16.4 Å². The van der Waals surface area contributed by atoms with Crippen molar-refractivity contribution in [3.8, 4) is 0 Å². The van der Waals surface area contributed by atoms with Crippen LogP contribution in [0.25, 0.3) is 0 Å². The highest BCUT2D eigenvalue weighted by molar-refractivity contribution is 7.92. The summed E-state index contributed by atoms with van der Waals surface area (Å²) < 4.78 is 74.4. The topological polar surface area (TPSA) is 59.1 Å². The SMILES string of the molecule is Cc1nc(CNc2ccc(F)cc2S(=O)(=O)C(F)(F)F)sc1C. The Hall–Kier alpha value is -1.68. The average molecular weight is 368 g/mol. The van der Waals surface area contributed by atoms with Gasteiger partial charge in [-0.15, -0.1) is 11.3 Å². The van der Waals surface area contributed by atoms with Crippen molar-refractivity contribution in [2.75, 3.05) is 5.32 Å². The molecule has 0 bridgehead atoms. The van der Waals surface area contributed by atoms with Crippen LogP contribution < -0.4 is 5.32 Å². The Morgan fingerprint density at radius 2 is 1.91 bits per heavy atom. The second-order valence-electron chi connectivity index (χ2n) is 4.69. The normalized spacial score (nSPS) is 12.4. The molecule has 0 atom stereocenters. The molecule has 0 aliphatic heterocycles. The van der Waals surface area contributed by atoms with Gasteiger partial charge in [0.05, 0.1) is 17.9 Å². The zero-order valence-electron chi connectivity index (χ0n) is 12.0. The van der Waals surface area contributed by atoms with Gasteiger partial charge >= 0.3 is 5.51 Å². The molecule has 1 N–H and O–H groups in total. The fourth-order valence-corrected chi connectivity index (χ4v) is 3.60. The number of aryl methyl sites for hydroxylation is 2. The van der Waals surface area contributed by atoms with Crippen molar-refractivity contribution in [1.82, 2.24) is 4.98 Å². The molecule has 0 aliphatic rings. The lowest BCUT2D eigenvalue weighted by Gasteiger charge is -2.13. The molecular formula is C13H12F4N2O2S2. The third-order valence-corrected chi connectivity index (χ3v) is 5.64. The van der Waals surface area contributed by atoms with E-state index in [1.54, 1.807) is 6.92 Å². The third-order valence-electron chi connectivity index (χ3n) is 3.04. The average Bonchev–Trinajstić information content (AvgIpc) is 2.75. The Balaban J connectivity index is 2.36. The monoisotopic (exact) mass is 368 g/mol. The molecule has 0 fully saturated rings. The summed E-state index contributed by atoms with van der Waals surface area (Å²) in [5.74, 6) is -1.07. The van der Waals surface area contributed by atoms with Crippen molar-refractivity contribution in [2.24, 2.45) is 0 Å². The van der Waals surface area contributed by atoms with E-state index in [4.69, 9.17) is 0 Å². The van der Waals surface area contributed by atoms with Crippen LogP contribution in [0.1, 0.15) is 15.6 Å². The second kappa shape index (κ2) is 6.08. The molecule has 0 spiro atoms. The Labute approximate surface area is 134 Å². The molecule has 0 amide bonds. The number of sulfone groups is 1. The lowest BCUT2D eigenvalue weighted by Crippen LogP contribution is -2.24.